The van der Waals surface area contributed by atoms with Gasteiger partial charge in [-0.2, -0.15) is 5.10 Å². The molecule has 2 aromatic heterocycles. The number of pyridine rings is 1. The predicted molar refractivity (Wildman–Crippen MR) is 119 cm³/mol. The Hall–Kier alpha value is -2.95. The maximum atomic E-state index is 13.1. The molecule has 0 radical (unpaired) electrons. The van der Waals surface area contributed by atoms with Crippen LogP contribution in [-0.4, -0.2) is 38.7 Å². The van der Waals surface area contributed by atoms with E-state index in [1.165, 1.54) is 16.7 Å². The van der Waals surface area contributed by atoms with Crippen LogP contribution in [0.15, 0.2) is 42.6 Å². The molecule has 1 saturated heterocycles. The van der Waals surface area contributed by atoms with Crippen LogP contribution in [0.5, 0.6) is 0 Å². The Balaban J connectivity index is 1.55. The molecular weight excluding hydrogens is 372 g/mol. The molecule has 5 nitrogen and oxygen atoms in total. The quantitative estimate of drug-likeness (QED) is 0.652. The first-order valence-electron chi connectivity index (χ1n) is 10.7. The number of amides is 1. The highest BCUT2D eigenvalue weighted by atomic mass is 16.2. The number of piperidine rings is 1. The van der Waals surface area contributed by atoms with Crippen LogP contribution in [0.1, 0.15) is 62.9 Å². The summed E-state index contributed by atoms with van der Waals surface area (Å²) in [6.07, 6.45) is 4.80. The number of likely N-dealkylation sites (tertiary alicyclic amines) is 1. The van der Waals surface area contributed by atoms with E-state index < -0.39 is 0 Å². The lowest BCUT2D eigenvalue weighted by molar-refractivity contribution is 0.0705. The molecule has 156 valence electrons. The van der Waals surface area contributed by atoms with Gasteiger partial charge in [0.1, 0.15) is 0 Å². The minimum absolute atomic E-state index is 0.0816. The number of hydrogen-bond acceptors (Lipinski definition) is 3. The average Bonchev–Trinajstić information content (AvgIpc) is 3.07. The molecule has 30 heavy (non-hydrogen) atoms. The molecule has 0 saturated carbocycles. The van der Waals surface area contributed by atoms with Gasteiger partial charge in [0.15, 0.2) is 0 Å². The maximum Gasteiger partial charge on any atom is 0.257 e. The molecule has 1 aliphatic rings. The highest BCUT2D eigenvalue weighted by Gasteiger charge is 2.28. The zero-order valence-corrected chi connectivity index (χ0v) is 18.4. The monoisotopic (exact) mass is 402 g/mol. The number of carbonyl (C=O) groups is 1. The molecular formula is C25H30N4O. The molecule has 5 heteroatoms. The first-order valence-corrected chi connectivity index (χ1v) is 10.7. The SMILES string of the molecule is Cc1cc(Cc2ccccc2C)cc(C2CCCN(C(=O)c3cn(C)nc3C)C2)n1. The van der Waals surface area contributed by atoms with E-state index in [0.29, 0.717) is 12.1 Å². The van der Waals surface area contributed by atoms with Crippen LogP contribution >= 0.6 is 0 Å². The standard InChI is InChI=1S/C25H30N4O/c1-17-8-5-6-9-21(17)13-20-12-18(2)26-24(14-20)22-10-7-11-29(15-22)25(30)23-16-28(4)27-19(23)3/h5-6,8-9,12,14,16,22H,7,10-11,13,15H2,1-4H3. The molecule has 0 N–H and O–H groups in total. The molecule has 1 amide bonds. The minimum Gasteiger partial charge on any atom is -0.338 e. The fourth-order valence-corrected chi connectivity index (χ4v) is 4.49. The molecule has 3 aromatic rings. The molecule has 1 unspecified atom stereocenters. The normalized spacial score (nSPS) is 16.7. The Labute approximate surface area is 178 Å². The van der Waals surface area contributed by atoms with Gasteiger partial charge in [0.05, 0.1) is 11.3 Å². The largest absolute Gasteiger partial charge is 0.338 e. The van der Waals surface area contributed by atoms with Crippen LogP contribution in [0.3, 0.4) is 0 Å². The van der Waals surface area contributed by atoms with Gasteiger partial charge in [-0.25, -0.2) is 0 Å². The van der Waals surface area contributed by atoms with E-state index in [-0.39, 0.29) is 11.8 Å². The van der Waals surface area contributed by atoms with E-state index in [4.69, 9.17) is 4.98 Å². The van der Waals surface area contributed by atoms with E-state index in [2.05, 4.69) is 55.3 Å². The number of aryl methyl sites for hydroxylation is 4. The van der Waals surface area contributed by atoms with Crippen molar-refractivity contribution in [2.75, 3.05) is 13.1 Å². The molecule has 1 aliphatic heterocycles. The zero-order chi connectivity index (χ0) is 21.3. The van der Waals surface area contributed by atoms with Crippen molar-refractivity contribution in [1.82, 2.24) is 19.7 Å². The van der Waals surface area contributed by atoms with Crippen molar-refractivity contribution in [2.24, 2.45) is 7.05 Å². The van der Waals surface area contributed by atoms with E-state index in [9.17, 15) is 4.79 Å². The number of benzene rings is 1. The summed E-state index contributed by atoms with van der Waals surface area (Å²) >= 11 is 0. The summed E-state index contributed by atoms with van der Waals surface area (Å²) in [6.45, 7) is 7.64. The van der Waals surface area contributed by atoms with Gasteiger partial charge < -0.3 is 4.90 Å². The topological polar surface area (TPSA) is 51.0 Å². The molecule has 4 rings (SSSR count). The van der Waals surface area contributed by atoms with E-state index >= 15 is 0 Å². The number of hydrogen-bond donors (Lipinski definition) is 0. The van der Waals surface area contributed by atoms with Gasteiger partial charge in [-0.1, -0.05) is 24.3 Å². The van der Waals surface area contributed by atoms with Gasteiger partial charge in [0.25, 0.3) is 5.91 Å². The Morgan fingerprint density at radius 2 is 1.97 bits per heavy atom. The van der Waals surface area contributed by atoms with E-state index in [1.54, 1.807) is 4.68 Å². The van der Waals surface area contributed by atoms with Crippen molar-refractivity contribution in [3.05, 3.63) is 81.9 Å². The van der Waals surface area contributed by atoms with Crippen molar-refractivity contribution in [2.45, 2.75) is 46.0 Å². The van der Waals surface area contributed by atoms with Gasteiger partial charge in [-0.3, -0.25) is 14.5 Å². The second kappa shape index (κ2) is 8.42. The van der Waals surface area contributed by atoms with Gasteiger partial charge in [0.2, 0.25) is 0 Å². The summed E-state index contributed by atoms with van der Waals surface area (Å²) < 4.78 is 1.71. The van der Waals surface area contributed by atoms with Gasteiger partial charge in [0, 0.05) is 43.6 Å². The predicted octanol–water partition coefficient (Wildman–Crippen LogP) is 4.35. The number of aromatic nitrogens is 3. The number of carbonyl (C=O) groups excluding carboxylic acids is 1. The van der Waals surface area contributed by atoms with Crippen LogP contribution in [0, 0.1) is 20.8 Å². The maximum absolute atomic E-state index is 13.1. The Morgan fingerprint density at radius 3 is 2.70 bits per heavy atom. The minimum atomic E-state index is 0.0816. The van der Waals surface area contributed by atoms with E-state index in [0.717, 1.165) is 42.9 Å². The molecule has 1 fully saturated rings. The number of rotatable bonds is 4. The Bertz CT molecular complexity index is 1070. The van der Waals surface area contributed by atoms with Crippen LogP contribution < -0.4 is 0 Å². The summed E-state index contributed by atoms with van der Waals surface area (Å²) in [7, 11) is 1.86. The van der Waals surface area contributed by atoms with Crippen LogP contribution in [0.2, 0.25) is 0 Å². The highest BCUT2D eigenvalue weighted by Crippen LogP contribution is 2.28. The van der Waals surface area contributed by atoms with E-state index in [1.807, 2.05) is 25.1 Å². The van der Waals surface area contributed by atoms with Gasteiger partial charge in [-0.15, -0.1) is 0 Å². The second-order valence-corrected chi connectivity index (χ2v) is 8.54. The lowest BCUT2D eigenvalue weighted by Crippen LogP contribution is -2.39. The smallest absolute Gasteiger partial charge is 0.257 e. The summed E-state index contributed by atoms with van der Waals surface area (Å²) in [4.78, 5) is 19.9. The Kier molecular flexibility index (Phi) is 5.71. The molecule has 1 aromatic carbocycles. The van der Waals surface area contributed by atoms with Gasteiger partial charge in [-0.05, 0) is 68.9 Å². The molecule has 0 spiro atoms. The second-order valence-electron chi connectivity index (χ2n) is 8.54. The molecule has 1 atom stereocenters. The summed E-state index contributed by atoms with van der Waals surface area (Å²) in [5.74, 6) is 0.355. The van der Waals surface area contributed by atoms with Crippen LogP contribution in [0.4, 0.5) is 0 Å². The summed E-state index contributed by atoms with van der Waals surface area (Å²) in [5, 5.41) is 4.33. The molecule has 0 bridgehead atoms. The Morgan fingerprint density at radius 1 is 1.17 bits per heavy atom. The lowest BCUT2D eigenvalue weighted by Gasteiger charge is -2.32. The zero-order valence-electron chi connectivity index (χ0n) is 18.4. The first kappa shape index (κ1) is 20.3. The van der Waals surface area contributed by atoms with Crippen molar-refractivity contribution in [3.63, 3.8) is 0 Å². The fraction of sp³-hybridized carbons (Fsp3) is 0.400. The third kappa shape index (κ3) is 4.30. The first-order chi connectivity index (χ1) is 14.4. The average molecular weight is 403 g/mol. The van der Waals surface area contributed by atoms with Crippen molar-refractivity contribution >= 4 is 5.91 Å². The highest BCUT2D eigenvalue weighted by molar-refractivity contribution is 5.95. The lowest BCUT2D eigenvalue weighted by atomic mass is 9.91. The molecule has 3 heterocycles. The fourth-order valence-electron chi connectivity index (χ4n) is 4.49. The van der Waals surface area contributed by atoms with Crippen LogP contribution in [-0.2, 0) is 13.5 Å². The van der Waals surface area contributed by atoms with Crippen molar-refractivity contribution in [1.29, 1.82) is 0 Å². The third-order valence-electron chi connectivity index (χ3n) is 6.06. The number of nitrogens with zero attached hydrogens (tertiary/aromatic N) is 4. The van der Waals surface area contributed by atoms with Crippen molar-refractivity contribution < 1.29 is 4.79 Å². The third-order valence-corrected chi connectivity index (χ3v) is 6.06. The van der Waals surface area contributed by atoms with Crippen molar-refractivity contribution in [3.8, 4) is 0 Å². The summed E-state index contributed by atoms with van der Waals surface area (Å²) in [6, 6.07) is 13.0. The molecule has 0 aliphatic carbocycles. The van der Waals surface area contributed by atoms with Gasteiger partial charge >= 0.3 is 0 Å². The summed E-state index contributed by atoms with van der Waals surface area (Å²) in [5.41, 5.74) is 7.60. The van der Waals surface area contributed by atoms with Crippen LogP contribution in [0.25, 0.3) is 0 Å².